The van der Waals surface area contributed by atoms with E-state index in [1.807, 2.05) is 12.1 Å². The Morgan fingerprint density at radius 3 is 2.41 bits per heavy atom. The number of hydrogen-bond donors (Lipinski definition) is 1. The summed E-state index contributed by atoms with van der Waals surface area (Å²) in [5.41, 5.74) is 1.04. The summed E-state index contributed by atoms with van der Waals surface area (Å²) in [5, 5.41) is 9.12. The lowest BCUT2D eigenvalue weighted by Crippen LogP contribution is -2.21. The fraction of sp³-hybridized carbons (Fsp3) is 0.538. The first-order valence-corrected chi connectivity index (χ1v) is 6.54. The topological polar surface area (TPSA) is 38.7 Å². The average molecular weight is 301 g/mol. The van der Waals surface area contributed by atoms with Crippen molar-refractivity contribution in [1.82, 2.24) is 0 Å². The Bertz CT molecular complexity index is 415. The van der Waals surface area contributed by atoms with Crippen molar-refractivity contribution in [2.75, 3.05) is 19.8 Å². The third-order valence-electron chi connectivity index (χ3n) is 3.10. The number of aliphatic hydroxyl groups excluding tert-OH is 1. The normalized spacial score (nSPS) is 14.8. The van der Waals surface area contributed by atoms with E-state index in [-0.39, 0.29) is 12.0 Å². The van der Waals surface area contributed by atoms with Crippen LogP contribution in [-0.2, 0) is 5.41 Å². The van der Waals surface area contributed by atoms with E-state index in [0.717, 1.165) is 21.5 Å². The van der Waals surface area contributed by atoms with Gasteiger partial charge < -0.3 is 14.6 Å². The minimum absolute atomic E-state index is 0.0938. The SMILES string of the molecule is CC(C)(CCO)c1cc2c(cc1Br)OCCO2. The first kappa shape index (κ1) is 12.7. The zero-order chi connectivity index (χ0) is 12.5. The lowest BCUT2D eigenvalue weighted by Gasteiger charge is -2.28. The molecule has 0 aromatic heterocycles. The number of hydrogen-bond acceptors (Lipinski definition) is 3. The molecule has 1 aliphatic heterocycles. The van der Waals surface area contributed by atoms with E-state index in [2.05, 4.69) is 29.8 Å². The number of fused-ring (bicyclic) bond motifs is 1. The summed E-state index contributed by atoms with van der Waals surface area (Å²) in [4.78, 5) is 0. The maximum atomic E-state index is 9.12. The molecule has 0 amide bonds. The van der Waals surface area contributed by atoms with Gasteiger partial charge in [-0.2, -0.15) is 0 Å². The fourth-order valence-electron chi connectivity index (χ4n) is 2.00. The summed E-state index contributed by atoms with van der Waals surface area (Å²) in [6.07, 6.45) is 0.714. The van der Waals surface area contributed by atoms with Gasteiger partial charge in [0.1, 0.15) is 13.2 Å². The van der Waals surface area contributed by atoms with Crippen LogP contribution in [0.3, 0.4) is 0 Å². The molecule has 3 nitrogen and oxygen atoms in total. The summed E-state index contributed by atoms with van der Waals surface area (Å²) >= 11 is 3.56. The summed E-state index contributed by atoms with van der Waals surface area (Å²) in [6.45, 7) is 5.58. The number of benzene rings is 1. The van der Waals surface area contributed by atoms with Gasteiger partial charge in [-0.05, 0) is 29.5 Å². The van der Waals surface area contributed by atoms with Crippen molar-refractivity contribution in [3.05, 3.63) is 22.2 Å². The van der Waals surface area contributed by atoms with Crippen molar-refractivity contribution in [2.24, 2.45) is 0 Å². The molecular formula is C13H17BrO3. The van der Waals surface area contributed by atoms with Crippen LogP contribution in [0.2, 0.25) is 0 Å². The van der Waals surface area contributed by atoms with Gasteiger partial charge in [0.15, 0.2) is 11.5 Å². The van der Waals surface area contributed by atoms with E-state index >= 15 is 0 Å². The van der Waals surface area contributed by atoms with Crippen LogP contribution in [0.1, 0.15) is 25.8 Å². The molecule has 1 aromatic rings. The highest BCUT2D eigenvalue weighted by Crippen LogP contribution is 2.41. The molecule has 0 saturated carbocycles. The summed E-state index contributed by atoms with van der Waals surface area (Å²) < 4.78 is 12.1. The van der Waals surface area contributed by atoms with E-state index in [0.29, 0.717) is 19.6 Å². The van der Waals surface area contributed by atoms with Crippen LogP contribution in [0.5, 0.6) is 11.5 Å². The minimum Gasteiger partial charge on any atom is -0.486 e. The highest BCUT2D eigenvalue weighted by atomic mass is 79.9. The zero-order valence-electron chi connectivity index (χ0n) is 10.1. The molecule has 4 heteroatoms. The Morgan fingerprint density at radius 2 is 1.82 bits per heavy atom. The van der Waals surface area contributed by atoms with E-state index in [4.69, 9.17) is 14.6 Å². The van der Waals surface area contributed by atoms with Crippen LogP contribution in [0.15, 0.2) is 16.6 Å². The molecule has 0 unspecified atom stereocenters. The van der Waals surface area contributed by atoms with Crippen LogP contribution in [-0.4, -0.2) is 24.9 Å². The summed E-state index contributed by atoms with van der Waals surface area (Å²) in [5.74, 6) is 1.58. The monoisotopic (exact) mass is 300 g/mol. The van der Waals surface area contributed by atoms with Crippen LogP contribution >= 0.6 is 15.9 Å². The molecule has 1 aliphatic rings. The first-order valence-electron chi connectivity index (χ1n) is 5.75. The number of ether oxygens (including phenoxy) is 2. The fourth-order valence-corrected chi connectivity index (χ4v) is 2.86. The third-order valence-corrected chi connectivity index (χ3v) is 3.75. The van der Waals surface area contributed by atoms with Crippen molar-refractivity contribution in [2.45, 2.75) is 25.7 Å². The molecule has 0 radical (unpaired) electrons. The predicted octanol–water partition coefficient (Wildman–Crippen LogP) is 2.88. The van der Waals surface area contributed by atoms with Crippen molar-refractivity contribution >= 4 is 15.9 Å². The van der Waals surface area contributed by atoms with Gasteiger partial charge in [-0.25, -0.2) is 0 Å². The zero-order valence-corrected chi connectivity index (χ0v) is 11.7. The molecule has 1 N–H and O–H groups in total. The molecule has 17 heavy (non-hydrogen) atoms. The van der Waals surface area contributed by atoms with E-state index < -0.39 is 0 Å². The van der Waals surface area contributed by atoms with Gasteiger partial charge in [0.2, 0.25) is 0 Å². The quantitative estimate of drug-likeness (QED) is 0.933. The van der Waals surface area contributed by atoms with Gasteiger partial charge >= 0.3 is 0 Å². The van der Waals surface area contributed by atoms with Gasteiger partial charge in [0, 0.05) is 11.1 Å². The molecule has 94 valence electrons. The second kappa shape index (κ2) is 4.86. The van der Waals surface area contributed by atoms with Crippen molar-refractivity contribution in [3.8, 4) is 11.5 Å². The second-order valence-corrected chi connectivity index (χ2v) is 5.69. The highest BCUT2D eigenvalue weighted by Gasteiger charge is 2.25. The molecule has 0 bridgehead atoms. The Hall–Kier alpha value is -0.740. The third kappa shape index (κ3) is 2.58. The Kier molecular flexibility index (Phi) is 3.64. The maximum absolute atomic E-state index is 9.12. The van der Waals surface area contributed by atoms with Gasteiger partial charge in [0.05, 0.1) is 0 Å². The molecule has 0 aliphatic carbocycles. The number of rotatable bonds is 3. The van der Waals surface area contributed by atoms with Crippen molar-refractivity contribution in [1.29, 1.82) is 0 Å². The van der Waals surface area contributed by atoms with Crippen LogP contribution in [0, 0.1) is 0 Å². The Balaban J connectivity index is 2.41. The standard InChI is InChI=1S/C13H17BrO3/c1-13(2,3-4-15)9-7-11-12(8-10(9)14)17-6-5-16-11/h7-8,15H,3-6H2,1-2H3. The molecule has 0 spiro atoms. The van der Waals surface area contributed by atoms with Gasteiger partial charge in [-0.3, -0.25) is 0 Å². The minimum atomic E-state index is -0.0938. The van der Waals surface area contributed by atoms with Crippen molar-refractivity contribution in [3.63, 3.8) is 0 Å². The lowest BCUT2D eigenvalue weighted by molar-refractivity contribution is 0.170. The molecule has 0 fully saturated rings. The molecule has 2 rings (SSSR count). The molecule has 0 atom stereocenters. The Labute approximate surface area is 110 Å². The first-order chi connectivity index (χ1) is 8.04. The van der Waals surface area contributed by atoms with Crippen LogP contribution < -0.4 is 9.47 Å². The van der Waals surface area contributed by atoms with Gasteiger partial charge in [0.25, 0.3) is 0 Å². The highest BCUT2D eigenvalue weighted by molar-refractivity contribution is 9.10. The van der Waals surface area contributed by atoms with E-state index in [1.165, 1.54) is 0 Å². The molecule has 0 saturated heterocycles. The number of halogens is 1. The lowest BCUT2D eigenvalue weighted by atomic mass is 9.81. The van der Waals surface area contributed by atoms with E-state index in [9.17, 15) is 0 Å². The molecule has 1 aromatic carbocycles. The van der Waals surface area contributed by atoms with Crippen LogP contribution in [0.4, 0.5) is 0 Å². The summed E-state index contributed by atoms with van der Waals surface area (Å²) in [7, 11) is 0. The molecular weight excluding hydrogens is 284 g/mol. The van der Waals surface area contributed by atoms with Gasteiger partial charge in [-0.15, -0.1) is 0 Å². The van der Waals surface area contributed by atoms with Gasteiger partial charge in [-0.1, -0.05) is 29.8 Å². The smallest absolute Gasteiger partial charge is 0.162 e. The predicted molar refractivity (Wildman–Crippen MR) is 69.9 cm³/mol. The average Bonchev–Trinajstić information content (AvgIpc) is 2.27. The second-order valence-electron chi connectivity index (χ2n) is 4.83. The Morgan fingerprint density at radius 1 is 1.24 bits per heavy atom. The maximum Gasteiger partial charge on any atom is 0.162 e. The number of aliphatic hydroxyl groups is 1. The van der Waals surface area contributed by atoms with E-state index in [1.54, 1.807) is 0 Å². The summed E-state index contributed by atoms with van der Waals surface area (Å²) in [6, 6.07) is 3.96. The van der Waals surface area contributed by atoms with Crippen LogP contribution in [0.25, 0.3) is 0 Å². The van der Waals surface area contributed by atoms with Crippen molar-refractivity contribution < 1.29 is 14.6 Å². The molecule has 1 heterocycles. The largest absolute Gasteiger partial charge is 0.486 e.